The van der Waals surface area contributed by atoms with E-state index in [2.05, 4.69) is 26.4 Å². The molecule has 0 radical (unpaired) electrons. The van der Waals surface area contributed by atoms with Crippen LogP contribution in [0.3, 0.4) is 0 Å². The van der Waals surface area contributed by atoms with Crippen molar-refractivity contribution in [3.63, 3.8) is 0 Å². The highest BCUT2D eigenvalue weighted by molar-refractivity contribution is 7.17. The molecule has 1 aliphatic rings. The molecule has 2 aromatic heterocycles. The molecule has 2 aromatic rings. The Bertz CT molecular complexity index is 928. The second-order valence-electron chi connectivity index (χ2n) is 5.73. The van der Waals surface area contributed by atoms with Crippen molar-refractivity contribution in [1.29, 1.82) is 0 Å². The summed E-state index contributed by atoms with van der Waals surface area (Å²) < 4.78 is 1.48. The van der Waals surface area contributed by atoms with Gasteiger partial charge in [0.25, 0.3) is 11.5 Å². The monoisotopic (exact) mass is 343 g/mol. The molecule has 0 aromatic carbocycles. The van der Waals surface area contributed by atoms with Crippen molar-refractivity contribution in [2.24, 2.45) is 10.2 Å². The van der Waals surface area contributed by atoms with Gasteiger partial charge in [-0.15, -0.1) is 23.7 Å². The lowest BCUT2D eigenvalue weighted by Crippen LogP contribution is -2.33. The predicted molar refractivity (Wildman–Crippen MR) is 91.4 cm³/mol. The van der Waals surface area contributed by atoms with Gasteiger partial charge in [0.05, 0.1) is 0 Å². The van der Waals surface area contributed by atoms with Gasteiger partial charge >= 0.3 is 0 Å². The summed E-state index contributed by atoms with van der Waals surface area (Å²) in [6, 6.07) is 0. The maximum absolute atomic E-state index is 12.5. The number of nitrogens with zero attached hydrogens (tertiary/aromatic N) is 4. The first-order chi connectivity index (χ1) is 11.5. The smallest absolute Gasteiger partial charge is 0.271 e. The number of hydrogen-bond acceptors (Lipinski definition) is 6. The summed E-state index contributed by atoms with van der Waals surface area (Å²) in [4.78, 5) is 30.6. The van der Waals surface area contributed by atoms with Crippen LogP contribution in [0.15, 0.2) is 21.2 Å². The standard InChI is InChI=1S/C16H17N5O2S/c1-4-5-6-16(19-20-16)7-8-17-13(22)12-9-18-15-21(14(12)23)10(2)11(3)24-15/h1,9H,5-8H2,2-3H3,(H,17,22). The first-order valence-electron chi connectivity index (χ1n) is 7.61. The second-order valence-corrected chi connectivity index (χ2v) is 6.91. The Morgan fingerprint density at radius 1 is 1.42 bits per heavy atom. The third-order valence-corrected chi connectivity index (χ3v) is 5.20. The van der Waals surface area contributed by atoms with Crippen LogP contribution in [-0.2, 0) is 0 Å². The van der Waals surface area contributed by atoms with E-state index in [4.69, 9.17) is 6.42 Å². The lowest BCUT2D eigenvalue weighted by molar-refractivity contribution is 0.0950. The van der Waals surface area contributed by atoms with Crippen LogP contribution >= 0.6 is 11.3 Å². The van der Waals surface area contributed by atoms with Gasteiger partial charge in [0.1, 0.15) is 5.56 Å². The summed E-state index contributed by atoms with van der Waals surface area (Å²) in [5.74, 6) is 2.13. The Hall–Kier alpha value is -2.53. The molecule has 3 heterocycles. The van der Waals surface area contributed by atoms with Crippen LogP contribution in [0.4, 0.5) is 0 Å². The molecule has 1 N–H and O–H groups in total. The maximum Gasteiger partial charge on any atom is 0.271 e. The van der Waals surface area contributed by atoms with Crippen molar-refractivity contribution >= 4 is 22.2 Å². The largest absolute Gasteiger partial charge is 0.352 e. The Labute approximate surface area is 142 Å². The minimum absolute atomic E-state index is 0.0377. The summed E-state index contributed by atoms with van der Waals surface area (Å²) in [6.45, 7) is 4.14. The number of aromatic nitrogens is 2. The number of nitrogens with one attached hydrogen (secondary N) is 1. The number of terminal acetylenes is 1. The number of carbonyl (C=O) groups excluding carboxylic acids is 1. The average molecular weight is 343 g/mol. The van der Waals surface area contributed by atoms with E-state index in [1.54, 1.807) is 0 Å². The van der Waals surface area contributed by atoms with E-state index in [1.807, 2.05) is 13.8 Å². The zero-order chi connectivity index (χ0) is 17.3. The van der Waals surface area contributed by atoms with Gasteiger partial charge in [-0.25, -0.2) is 4.98 Å². The third-order valence-electron chi connectivity index (χ3n) is 4.13. The number of rotatable bonds is 6. The third kappa shape index (κ3) is 2.95. The van der Waals surface area contributed by atoms with Crippen LogP contribution in [0.1, 0.15) is 40.2 Å². The molecule has 124 valence electrons. The first-order valence-corrected chi connectivity index (χ1v) is 8.42. The summed E-state index contributed by atoms with van der Waals surface area (Å²) in [7, 11) is 0. The number of hydrogen-bond donors (Lipinski definition) is 1. The zero-order valence-electron chi connectivity index (χ0n) is 13.5. The Balaban J connectivity index is 1.69. The van der Waals surface area contributed by atoms with E-state index >= 15 is 0 Å². The highest BCUT2D eigenvalue weighted by atomic mass is 32.1. The van der Waals surface area contributed by atoms with Crippen molar-refractivity contribution < 1.29 is 4.79 Å². The minimum Gasteiger partial charge on any atom is -0.352 e. The van der Waals surface area contributed by atoms with Gasteiger partial charge in [0.2, 0.25) is 0 Å². The number of thiazole rings is 1. The van der Waals surface area contributed by atoms with Gasteiger partial charge in [0.15, 0.2) is 10.6 Å². The summed E-state index contributed by atoms with van der Waals surface area (Å²) in [5.41, 5.74) is 0.0571. The molecule has 0 saturated carbocycles. The number of carbonyl (C=O) groups is 1. The highest BCUT2D eigenvalue weighted by Gasteiger charge is 2.38. The Morgan fingerprint density at radius 3 is 2.83 bits per heavy atom. The predicted octanol–water partition coefficient (Wildman–Crippen LogP) is 2.07. The van der Waals surface area contributed by atoms with E-state index < -0.39 is 11.6 Å². The molecule has 7 nitrogen and oxygen atoms in total. The molecule has 0 atom stereocenters. The van der Waals surface area contributed by atoms with Crippen LogP contribution < -0.4 is 10.9 Å². The highest BCUT2D eigenvalue weighted by Crippen LogP contribution is 2.36. The van der Waals surface area contributed by atoms with Crippen LogP contribution in [0, 0.1) is 26.2 Å². The van der Waals surface area contributed by atoms with Gasteiger partial charge in [-0.3, -0.25) is 14.0 Å². The van der Waals surface area contributed by atoms with Gasteiger partial charge in [0, 0.05) is 42.6 Å². The van der Waals surface area contributed by atoms with Crippen LogP contribution in [-0.4, -0.2) is 27.5 Å². The van der Waals surface area contributed by atoms with Crippen molar-refractivity contribution in [2.75, 3.05) is 6.54 Å². The SMILES string of the molecule is C#CCCC1(CCNC(=O)c2cnc3sc(C)c(C)n3c2=O)N=N1. The molecular weight excluding hydrogens is 326 g/mol. The van der Waals surface area contributed by atoms with E-state index in [1.165, 1.54) is 21.9 Å². The topological polar surface area (TPSA) is 88.2 Å². The van der Waals surface area contributed by atoms with Crippen molar-refractivity contribution in [2.45, 2.75) is 38.8 Å². The molecule has 0 unspecified atom stereocenters. The average Bonchev–Trinajstić information content (AvgIpc) is 3.26. The normalized spacial score (nSPS) is 14.5. The molecular formula is C16H17N5O2S. The molecule has 0 bridgehead atoms. The summed E-state index contributed by atoms with van der Waals surface area (Å²) in [5, 5.41) is 10.8. The van der Waals surface area contributed by atoms with Gasteiger partial charge in [-0.05, 0) is 13.8 Å². The molecule has 0 spiro atoms. The molecule has 24 heavy (non-hydrogen) atoms. The van der Waals surface area contributed by atoms with E-state index in [0.717, 1.165) is 10.6 Å². The van der Waals surface area contributed by atoms with Gasteiger partial charge in [-0.1, -0.05) is 0 Å². The van der Waals surface area contributed by atoms with Gasteiger partial charge < -0.3 is 5.32 Å². The van der Waals surface area contributed by atoms with E-state index in [0.29, 0.717) is 30.8 Å². The second kappa shape index (κ2) is 6.17. The maximum atomic E-state index is 12.5. The van der Waals surface area contributed by atoms with Crippen molar-refractivity contribution in [1.82, 2.24) is 14.7 Å². The molecule has 0 saturated heterocycles. The Morgan fingerprint density at radius 2 is 2.17 bits per heavy atom. The lowest BCUT2D eigenvalue weighted by atomic mass is 10.0. The molecule has 1 amide bonds. The summed E-state index contributed by atoms with van der Waals surface area (Å²) >= 11 is 1.43. The fourth-order valence-corrected chi connectivity index (χ4v) is 3.40. The fraction of sp³-hybridized carbons (Fsp3) is 0.438. The number of fused-ring (bicyclic) bond motifs is 1. The Kier molecular flexibility index (Phi) is 4.20. The van der Waals surface area contributed by atoms with Gasteiger partial charge in [-0.2, -0.15) is 10.2 Å². The van der Waals surface area contributed by atoms with Crippen molar-refractivity contribution in [3.05, 3.63) is 32.7 Å². The molecule has 8 heteroatoms. The number of amides is 1. The van der Waals surface area contributed by atoms with Crippen molar-refractivity contribution in [3.8, 4) is 12.3 Å². The zero-order valence-corrected chi connectivity index (χ0v) is 14.3. The molecule has 0 fully saturated rings. The van der Waals surface area contributed by atoms with Crippen LogP contribution in [0.25, 0.3) is 4.96 Å². The summed E-state index contributed by atoms with van der Waals surface area (Å²) in [6.07, 6.45) is 8.44. The van der Waals surface area contributed by atoms with E-state index in [-0.39, 0.29) is 11.1 Å². The van der Waals surface area contributed by atoms with Crippen LogP contribution in [0.5, 0.6) is 0 Å². The molecule has 3 rings (SSSR count). The molecule has 1 aliphatic heterocycles. The lowest BCUT2D eigenvalue weighted by Gasteiger charge is -2.09. The number of aryl methyl sites for hydroxylation is 2. The van der Waals surface area contributed by atoms with Crippen LogP contribution in [0.2, 0.25) is 0 Å². The fourth-order valence-electron chi connectivity index (χ4n) is 2.47. The van der Waals surface area contributed by atoms with E-state index in [9.17, 15) is 9.59 Å². The minimum atomic E-state index is -0.446. The quantitative estimate of drug-likeness (QED) is 0.814. The first kappa shape index (κ1) is 16.3. The molecule has 0 aliphatic carbocycles.